The molecule has 0 aromatic rings. The molecule has 0 amide bonds. The third-order valence-corrected chi connectivity index (χ3v) is 4.76. The van der Waals surface area contributed by atoms with Crippen LogP contribution in [0.2, 0.25) is 0 Å². The maximum Gasteiger partial charge on any atom is 0.340 e. The van der Waals surface area contributed by atoms with Crippen LogP contribution in [-0.2, 0) is 18.4 Å². The fourth-order valence-electron chi connectivity index (χ4n) is 1.34. The van der Waals surface area contributed by atoms with Crippen molar-refractivity contribution in [2.45, 2.75) is 38.8 Å². The van der Waals surface area contributed by atoms with Crippen LogP contribution in [0.5, 0.6) is 0 Å². The summed E-state index contributed by atoms with van der Waals surface area (Å²) in [7, 11) is -3.28. The summed E-state index contributed by atoms with van der Waals surface area (Å²) in [6, 6.07) is 0. The second-order valence-corrected chi connectivity index (χ2v) is 5.90. The molecule has 1 atom stereocenters. The molecule has 0 aliphatic rings. The van der Waals surface area contributed by atoms with Crippen LogP contribution in [0.3, 0.4) is 0 Å². The summed E-state index contributed by atoms with van der Waals surface area (Å²) < 4.78 is 22.5. The van der Waals surface area contributed by atoms with Gasteiger partial charge in [-0.1, -0.05) is 6.42 Å². The van der Waals surface area contributed by atoms with E-state index in [0.717, 1.165) is 12.8 Å². The van der Waals surface area contributed by atoms with Crippen LogP contribution in [0.4, 0.5) is 0 Å². The Kier molecular flexibility index (Phi) is 9.24. The molecule has 4 nitrogen and oxygen atoms in total. The highest BCUT2D eigenvalue weighted by Gasteiger charge is 2.34. The summed E-state index contributed by atoms with van der Waals surface area (Å²) >= 11 is 5.54. The van der Waals surface area contributed by atoms with E-state index in [1.54, 1.807) is 13.8 Å². The van der Waals surface area contributed by atoms with E-state index in [9.17, 15) is 9.36 Å². The molecule has 0 saturated heterocycles. The van der Waals surface area contributed by atoms with Gasteiger partial charge in [0.2, 0.25) is 0 Å². The maximum absolute atomic E-state index is 12.2. The van der Waals surface area contributed by atoms with Crippen LogP contribution in [0.15, 0.2) is 0 Å². The molecule has 96 valence electrons. The molecule has 0 N–H and O–H groups in total. The van der Waals surface area contributed by atoms with E-state index in [1.807, 2.05) is 0 Å². The fourth-order valence-corrected chi connectivity index (χ4v) is 3.35. The van der Waals surface area contributed by atoms with Gasteiger partial charge in [0.05, 0.1) is 13.2 Å². The molecule has 0 aliphatic heterocycles. The Morgan fingerprint density at radius 2 is 1.81 bits per heavy atom. The van der Waals surface area contributed by atoms with Crippen molar-refractivity contribution in [2.75, 3.05) is 19.1 Å². The van der Waals surface area contributed by atoms with Gasteiger partial charge in [0.15, 0.2) is 0 Å². The van der Waals surface area contributed by atoms with Crippen LogP contribution in [0, 0.1) is 0 Å². The molecule has 0 heterocycles. The van der Waals surface area contributed by atoms with Gasteiger partial charge in [0.25, 0.3) is 0 Å². The van der Waals surface area contributed by atoms with Gasteiger partial charge in [-0.25, -0.2) is 0 Å². The molecule has 0 aromatic heterocycles. The topological polar surface area (TPSA) is 52.6 Å². The number of carbonyl (C=O) groups excluding carboxylic acids is 1. The monoisotopic (exact) mass is 270 g/mol. The van der Waals surface area contributed by atoms with Gasteiger partial charge >= 0.3 is 7.60 Å². The maximum atomic E-state index is 12.2. The Labute approximate surface area is 102 Å². The van der Waals surface area contributed by atoms with Gasteiger partial charge in [-0.05, 0) is 26.7 Å². The Bertz CT molecular complexity index is 225. The van der Waals surface area contributed by atoms with E-state index >= 15 is 0 Å². The van der Waals surface area contributed by atoms with E-state index in [0.29, 0.717) is 18.6 Å². The van der Waals surface area contributed by atoms with Crippen LogP contribution in [0.25, 0.3) is 0 Å². The molecule has 6 heteroatoms. The minimum Gasteiger partial charge on any atom is -0.308 e. The van der Waals surface area contributed by atoms with E-state index in [1.165, 1.54) is 0 Å². The predicted molar refractivity (Wildman–Crippen MR) is 65.3 cm³/mol. The number of alkyl halides is 1. The summed E-state index contributed by atoms with van der Waals surface area (Å²) in [6.45, 7) is 4.01. The van der Waals surface area contributed by atoms with Crippen LogP contribution in [0.1, 0.15) is 33.1 Å². The molecule has 0 aliphatic carbocycles. The first-order chi connectivity index (χ1) is 7.64. The van der Waals surface area contributed by atoms with Crippen molar-refractivity contribution in [3.8, 4) is 0 Å². The number of halogens is 1. The first-order valence-corrected chi connectivity index (χ1v) is 7.69. The largest absolute Gasteiger partial charge is 0.340 e. The lowest BCUT2D eigenvalue weighted by molar-refractivity contribution is -0.108. The molecule has 16 heavy (non-hydrogen) atoms. The second kappa shape index (κ2) is 9.17. The van der Waals surface area contributed by atoms with Crippen LogP contribution >= 0.6 is 19.2 Å². The smallest absolute Gasteiger partial charge is 0.308 e. The van der Waals surface area contributed by atoms with Crippen molar-refractivity contribution in [1.29, 1.82) is 0 Å². The number of aldehydes is 1. The summed E-state index contributed by atoms with van der Waals surface area (Å²) in [5.41, 5.74) is -0.671. The lowest BCUT2D eigenvalue weighted by Gasteiger charge is -2.22. The minimum absolute atomic E-state index is 0.275. The van der Waals surface area contributed by atoms with Gasteiger partial charge in [0.1, 0.15) is 11.9 Å². The lowest BCUT2D eigenvalue weighted by Crippen LogP contribution is -2.15. The molecule has 0 fully saturated rings. The SMILES string of the molecule is CCOP(=O)(OCC)C(C=O)CCCCCl. The molecule has 0 radical (unpaired) electrons. The molecule has 1 unspecified atom stereocenters. The summed E-state index contributed by atoms with van der Waals surface area (Å²) in [4.78, 5) is 10.9. The number of carbonyl (C=O) groups is 1. The van der Waals surface area contributed by atoms with Gasteiger partial charge in [-0.15, -0.1) is 11.6 Å². The third kappa shape index (κ3) is 5.44. The number of hydrogen-bond donors (Lipinski definition) is 0. The zero-order valence-corrected chi connectivity index (χ0v) is 11.5. The molecule has 0 spiro atoms. The zero-order valence-electron chi connectivity index (χ0n) is 9.86. The van der Waals surface area contributed by atoms with Gasteiger partial charge in [-0.2, -0.15) is 0 Å². The van der Waals surface area contributed by atoms with Gasteiger partial charge < -0.3 is 13.8 Å². The molecule has 0 rings (SSSR count). The van der Waals surface area contributed by atoms with Crippen molar-refractivity contribution in [2.24, 2.45) is 0 Å². The Hall–Kier alpha value is 0.110. The van der Waals surface area contributed by atoms with Crippen molar-refractivity contribution < 1.29 is 18.4 Å². The standard InChI is InChI=1S/C10H20ClO4P/c1-3-14-16(13,15-4-2)10(9-12)7-5-6-8-11/h9-10H,3-8H2,1-2H3. The van der Waals surface area contributed by atoms with E-state index in [-0.39, 0.29) is 13.2 Å². The normalized spacial score (nSPS) is 13.7. The Balaban J connectivity index is 4.45. The zero-order chi connectivity index (χ0) is 12.4. The lowest BCUT2D eigenvalue weighted by atomic mass is 10.2. The molecular weight excluding hydrogens is 251 g/mol. The molecule has 0 bridgehead atoms. The highest BCUT2D eigenvalue weighted by molar-refractivity contribution is 7.55. The summed E-state index contributed by atoms with van der Waals surface area (Å²) in [5, 5.41) is 0. The Morgan fingerprint density at radius 3 is 2.19 bits per heavy atom. The van der Waals surface area contributed by atoms with E-state index in [4.69, 9.17) is 20.6 Å². The van der Waals surface area contributed by atoms with E-state index < -0.39 is 13.3 Å². The van der Waals surface area contributed by atoms with Crippen LogP contribution in [-0.4, -0.2) is 31.0 Å². The summed E-state index contributed by atoms with van der Waals surface area (Å²) in [6.07, 6.45) is 2.70. The van der Waals surface area contributed by atoms with Crippen molar-refractivity contribution in [3.05, 3.63) is 0 Å². The predicted octanol–water partition coefficient (Wildman–Crippen LogP) is 3.23. The van der Waals surface area contributed by atoms with Crippen LogP contribution < -0.4 is 0 Å². The van der Waals surface area contributed by atoms with Crippen molar-refractivity contribution >= 4 is 25.5 Å². The number of hydrogen-bond acceptors (Lipinski definition) is 4. The van der Waals surface area contributed by atoms with Gasteiger partial charge in [0, 0.05) is 5.88 Å². The average Bonchev–Trinajstić information content (AvgIpc) is 2.25. The third-order valence-electron chi connectivity index (χ3n) is 2.06. The second-order valence-electron chi connectivity index (χ2n) is 3.26. The molecular formula is C10H20ClO4P. The molecule has 0 saturated carbocycles. The highest BCUT2D eigenvalue weighted by Crippen LogP contribution is 2.53. The number of unbranched alkanes of at least 4 members (excludes halogenated alkanes) is 1. The van der Waals surface area contributed by atoms with Crippen molar-refractivity contribution in [3.63, 3.8) is 0 Å². The first-order valence-electron chi connectivity index (χ1n) is 5.54. The average molecular weight is 271 g/mol. The van der Waals surface area contributed by atoms with Crippen molar-refractivity contribution in [1.82, 2.24) is 0 Å². The highest BCUT2D eigenvalue weighted by atomic mass is 35.5. The van der Waals surface area contributed by atoms with E-state index in [2.05, 4.69) is 0 Å². The number of rotatable bonds is 10. The minimum atomic E-state index is -3.28. The first kappa shape index (κ1) is 16.1. The quantitative estimate of drug-likeness (QED) is 0.265. The van der Waals surface area contributed by atoms with Gasteiger partial charge in [-0.3, -0.25) is 4.57 Å². The summed E-state index contributed by atoms with van der Waals surface area (Å²) in [5.74, 6) is 0.541. The Morgan fingerprint density at radius 1 is 1.25 bits per heavy atom. The molecule has 0 aromatic carbocycles. The fraction of sp³-hybridized carbons (Fsp3) is 0.900.